The second kappa shape index (κ2) is 9.05. The molecule has 1 amide bonds. The maximum absolute atomic E-state index is 13.2. The van der Waals surface area contributed by atoms with Crippen molar-refractivity contribution in [1.29, 1.82) is 0 Å². The molecule has 166 valence electrons. The fourth-order valence-electron chi connectivity index (χ4n) is 3.91. The number of benzene rings is 2. The molecule has 0 spiro atoms. The first kappa shape index (κ1) is 21.9. The van der Waals surface area contributed by atoms with Gasteiger partial charge in [0.1, 0.15) is 0 Å². The number of hydrogen-bond acceptors (Lipinski definition) is 6. The molecule has 4 rings (SSSR count). The largest absolute Gasteiger partial charge is 0.465 e. The Hall–Kier alpha value is -3.30. The van der Waals surface area contributed by atoms with Crippen molar-refractivity contribution in [2.45, 2.75) is 17.7 Å². The van der Waals surface area contributed by atoms with Gasteiger partial charge in [-0.15, -0.1) is 0 Å². The molecule has 1 N–H and O–H groups in total. The minimum absolute atomic E-state index is 0.000526. The first-order valence-corrected chi connectivity index (χ1v) is 11.7. The minimum atomic E-state index is -3.89. The third-order valence-electron chi connectivity index (χ3n) is 5.64. The van der Waals surface area contributed by atoms with Gasteiger partial charge in [-0.3, -0.25) is 9.78 Å². The van der Waals surface area contributed by atoms with Crippen molar-refractivity contribution in [2.75, 3.05) is 25.5 Å². The lowest BCUT2D eigenvalue weighted by atomic mass is 9.97. The molecule has 1 fully saturated rings. The molecule has 0 aliphatic carbocycles. The Kier molecular flexibility index (Phi) is 6.20. The van der Waals surface area contributed by atoms with Crippen molar-refractivity contribution < 1.29 is 22.7 Å². The second-order valence-corrected chi connectivity index (χ2v) is 9.44. The Labute approximate surface area is 186 Å². The zero-order valence-electron chi connectivity index (χ0n) is 17.5. The molecule has 8 nitrogen and oxygen atoms in total. The average molecular weight is 454 g/mol. The van der Waals surface area contributed by atoms with Crippen LogP contribution in [0, 0.1) is 5.92 Å². The highest BCUT2D eigenvalue weighted by Gasteiger charge is 2.34. The molecular formula is C23H23N3O5S. The van der Waals surface area contributed by atoms with Gasteiger partial charge in [-0.25, -0.2) is 13.2 Å². The number of amides is 1. The number of fused-ring (bicyclic) bond motifs is 1. The zero-order chi connectivity index (χ0) is 22.7. The van der Waals surface area contributed by atoms with Crippen LogP contribution in [0.15, 0.2) is 65.7 Å². The number of carbonyl (C=O) groups is 2. The van der Waals surface area contributed by atoms with Crippen LogP contribution < -0.4 is 5.32 Å². The van der Waals surface area contributed by atoms with Gasteiger partial charge in [0, 0.05) is 30.6 Å². The Morgan fingerprint density at radius 1 is 1.03 bits per heavy atom. The highest BCUT2D eigenvalue weighted by Crippen LogP contribution is 2.28. The van der Waals surface area contributed by atoms with Gasteiger partial charge in [0.2, 0.25) is 15.9 Å². The van der Waals surface area contributed by atoms with Crippen molar-refractivity contribution >= 4 is 38.5 Å². The number of esters is 1. The Morgan fingerprint density at radius 2 is 1.78 bits per heavy atom. The first-order chi connectivity index (χ1) is 15.4. The predicted octanol–water partition coefficient (Wildman–Crippen LogP) is 3.06. The normalized spacial score (nSPS) is 15.4. The van der Waals surface area contributed by atoms with Crippen molar-refractivity contribution in [3.8, 4) is 0 Å². The van der Waals surface area contributed by atoms with E-state index in [1.807, 2.05) is 30.3 Å². The summed E-state index contributed by atoms with van der Waals surface area (Å²) in [6, 6.07) is 15.2. The molecule has 1 aliphatic heterocycles. The van der Waals surface area contributed by atoms with Crippen LogP contribution in [0.1, 0.15) is 23.2 Å². The van der Waals surface area contributed by atoms with E-state index in [9.17, 15) is 18.0 Å². The van der Waals surface area contributed by atoms with Gasteiger partial charge in [-0.2, -0.15) is 4.31 Å². The lowest BCUT2D eigenvalue weighted by Gasteiger charge is -2.31. The van der Waals surface area contributed by atoms with Crippen molar-refractivity contribution in [1.82, 2.24) is 9.29 Å². The smallest absolute Gasteiger partial charge is 0.339 e. The number of nitrogens with zero attached hydrogens (tertiary/aromatic N) is 2. The molecule has 1 aliphatic rings. The number of methoxy groups -OCH3 is 1. The van der Waals surface area contributed by atoms with E-state index < -0.39 is 16.0 Å². The molecule has 1 aromatic heterocycles. The molecule has 0 unspecified atom stereocenters. The highest BCUT2D eigenvalue weighted by molar-refractivity contribution is 7.89. The molecule has 32 heavy (non-hydrogen) atoms. The summed E-state index contributed by atoms with van der Waals surface area (Å²) in [5.41, 5.74) is 1.47. The lowest BCUT2D eigenvalue weighted by molar-refractivity contribution is -0.120. The van der Waals surface area contributed by atoms with Gasteiger partial charge in [-0.1, -0.05) is 18.2 Å². The van der Waals surface area contributed by atoms with E-state index in [0.29, 0.717) is 18.5 Å². The molecule has 0 saturated carbocycles. The Morgan fingerprint density at radius 3 is 2.53 bits per heavy atom. The van der Waals surface area contributed by atoms with Crippen LogP contribution >= 0.6 is 0 Å². The number of anilines is 1. The van der Waals surface area contributed by atoms with E-state index in [-0.39, 0.29) is 35.4 Å². The summed E-state index contributed by atoms with van der Waals surface area (Å²) in [6.07, 6.45) is 2.46. The number of rotatable bonds is 5. The first-order valence-electron chi connectivity index (χ1n) is 10.2. The molecule has 0 bridgehead atoms. The van der Waals surface area contributed by atoms with Crippen LogP contribution in [0.4, 0.5) is 5.69 Å². The van der Waals surface area contributed by atoms with Crippen LogP contribution in [0.3, 0.4) is 0 Å². The van der Waals surface area contributed by atoms with E-state index in [4.69, 9.17) is 4.74 Å². The van der Waals surface area contributed by atoms with E-state index in [1.54, 1.807) is 18.3 Å². The van der Waals surface area contributed by atoms with E-state index in [0.717, 1.165) is 10.9 Å². The van der Waals surface area contributed by atoms with E-state index in [1.165, 1.54) is 23.5 Å². The minimum Gasteiger partial charge on any atom is -0.465 e. The fraction of sp³-hybridized carbons (Fsp3) is 0.261. The molecule has 2 aromatic carbocycles. The number of nitrogens with one attached hydrogen (secondary N) is 1. The topological polar surface area (TPSA) is 106 Å². The van der Waals surface area contributed by atoms with Crippen LogP contribution in [0.25, 0.3) is 10.9 Å². The van der Waals surface area contributed by atoms with Crippen molar-refractivity contribution in [3.63, 3.8) is 0 Å². The van der Waals surface area contributed by atoms with Crippen molar-refractivity contribution in [3.05, 3.63) is 66.4 Å². The number of carbonyl (C=O) groups excluding carboxylic acids is 2. The number of hydrogen-bond donors (Lipinski definition) is 1. The van der Waals surface area contributed by atoms with Crippen molar-refractivity contribution in [2.24, 2.45) is 5.92 Å². The monoisotopic (exact) mass is 453 g/mol. The number of pyridine rings is 1. The summed E-state index contributed by atoms with van der Waals surface area (Å²) >= 11 is 0. The molecule has 3 aromatic rings. The number of aromatic nitrogens is 1. The highest BCUT2D eigenvalue weighted by atomic mass is 32.2. The number of ether oxygens (including phenoxy) is 1. The number of piperidine rings is 1. The zero-order valence-corrected chi connectivity index (χ0v) is 18.3. The van der Waals surface area contributed by atoms with Crippen LogP contribution in [0.2, 0.25) is 0 Å². The molecule has 2 heterocycles. The summed E-state index contributed by atoms with van der Waals surface area (Å²) in [7, 11) is -2.68. The second-order valence-electron chi connectivity index (χ2n) is 7.53. The van der Waals surface area contributed by atoms with Gasteiger partial charge in [0.15, 0.2) is 0 Å². The summed E-state index contributed by atoms with van der Waals surface area (Å²) in [4.78, 5) is 29.1. The maximum atomic E-state index is 13.2. The molecule has 0 atom stereocenters. The Bertz CT molecular complexity index is 1260. The fourth-order valence-corrected chi connectivity index (χ4v) is 5.56. The van der Waals surface area contributed by atoms with E-state index in [2.05, 4.69) is 10.3 Å². The van der Waals surface area contributed by atoms with Gasteiger partial charge < -0.3 is 10.1 Å². The molecule has 1 saturated heterocycles. The van der Waals surface area contributed by atoms with Crippen LogP contribution in [-0.2, 0) is 19.6 Å². The summed E-state index contributed by atoms with van der Waals surface area (Å²) < 4.78 is 32.3. The quantitative estimate of drug-likeness (QED) is 0.595. The maximum Gasteiger partial charge on any atom is 0.339 e. The SMILES string of the molecule is COC(=O)c1ccccc1S(=O)(=O)N1CCC(C(=O)Nc2cccc3ncccc23)CC1. The van der Waals surface area contributed by atoms with Gasteiger partial charge in [-0.05, 0) is 49.2 Å². The van der Waals surface area contributed by atoms with E-state index >= 15 is 0 Å². The summed E-state index contributed by atoms with van der Waals surface area (Å²) in [5, 5.41) is 3.81. The van der Waals surface area contributed by atoms with Gasteiger partial charge in [0.25, 0.3) is 0 Å². The predicted molar refractivity (Wildman–Crippen MR) is 120 cm³/mol. The third-order valence-corrected chi connectivity index (χ3v) is 7.60. The van der Waals surface area contributed by atoms with Gasteiger partial charge in [0.05, 0.1) is 28.8 Å². The molecular weight excluding hydrogens is 430 g/mol. The standard InChI is InChI=1S/C23H23N3O5S/c1-31-23(28)18-6-2-3-10-21(18)32(29,30)26-14-11-16(12-15-26)22(27)25-20-9-4-8-19-17(20)7-5-13-24-19/h2-10,13,16H,11-12,14-15H2,1H3,(H,25,27). The third kappa shape index (κ3) is 4.21. The van der Waals surface area contributed by atoms with Crippen LogP contribution in [0.5, 0.6) is 0 Å². The average Bonchev–Trinajstić information content (AvgIpc) is 2.84. The molecule has 9 heteroatoms. The number of sulfonamides is 1. The summed E-state index contributed by atoms with van der Waals surface area (Å²) in [5.74, 6) is -1.17. The van der Waals surface area contributed by atoms with Crippen LogP contribution in [-0.4, -0.2) is 49.8 Å². The summed E-state index contributed by atoms with van der Waals surface area (Å²) in [6.45, 7) is 0.375. The Balaban J connectivity index is 1.46. The molecule has 0 radical (unpaired) electrons. The lowest BCUT2D eigenvalue weighted by Crippen LogP contribution is -2.41. The van der Waals surface area contributed by atoms with Gasteiger partial charge >= 0.3 is 5.97 Å².